The minimum atomic E-state index is -0.0180. The average molecular weight is 234 g/mol. The molecule has 96 valence electrons. The fraction of sp³-hybridized carbons (Fsp3) is 0.625. The molecule has 0 aliphatic carbocycles. The highest BCUT2D eigenvalue weighted by Crippen LogP contribution is 2.23. The minimum absolute atomic E-state index is 0.0180. The Hall–Kier alpha value is -0.820. The summed E-state index contributed by atoms with van der Waals surface area (Å²) in [6.45, 7) is 8.89. The molecule has 0 aliphatic rings. The fourth-order valence-corrected chi connectivity index (χ4v) is 2.19. The first kappa shape index (κ1) is 14.2. The van der Waals surface area contributed by atoms with Crippen LogP contribution in [0.2, 0.25) is 0 Å². The molecule has 0 amide bonds. The summed E-state index contributed by atoms with van der Waals surface area (Å²) in [7, 11) is 0. The van der Waals surface area contributed by atoms with Gasteiger partial charge in [0.05, 0.1) is 0 Å². The zero-order chi connectivity index (χ0) is 12.9. The number of rotatable bonds is 6. The van der Waals surface area contributed by atoms with Crippen molar-refractivity contribution in [2.75, 3.05) is 6.61 Å². The van der Waals surface area contributed by atoms with Gasteiger partial charge in [-0.25, -0.2) is 0 Å². The molecule has 0 saturated heterocycles. The molecule has 0 bridgehead atoms. The Labute approximate surface area is 106 Å². The van der Waals surface area contributed by atoms with E-state index in [0.29, 0.717) is 0 Å². The van der Waals surface area contributed by atoms with Crippen LogP contribution >= 0.6 is 0 Å². The Morgan fingerprint density at radius 1 is 1.00 bits per heavy atom. The monoisotopic (exact) mass is 234 g/mol. The summed E-state index contributed by atoms with van der Waals surface area (Å²) in [5.74, 6) is 0. The molecule has 1 aromatic carbocycles. The average Bonchev–Trinajstić information content (AvgIpc) is 2.28. The number of hydrogen-bond acceptors (Lipinski definition) is 1. The smallest absolute Gasteiger partial charge is 0.0485 e. The van der Waals surface area contributed by atoms with Gasteiger partial charge in [-0.1, -0.05) is 52.3 Å². The van der Waals surface area contributed by atoms with E-state index >= 15 is 0 Å². The second kappa shape index (κ2) is 6.20. The van der Waals surface area contributed by atoms with Crippen LogP contribution < -0.4 is 0 Å². The van der Waals surface area contributed by atoms with Crippen LogP contribution in [0, 0.1) is 5.41 Å². The Balaban J connectivity index is 2.94. The second-order valence-corrected chi connectivity index (χ2v) is 5.76. The molecule has 0 spiro atoms. The molecule has 0 atom stereocenters. The van der Waals surface area contributed by atoms with E-state index in [4.69, 9.17) is 0 Å². The van der Waals surface area contributed by atoms with Gasteiger partial charge in [-0.15, -0.1) is 0 Å². The number of benzene rings is 1. The molecule has 0 fully saturated rings. The largest absolute Gasteiger partial charge is 0.396 e. The molecule has 1 aromatic rings. The molecule has 17 heavy (non-hydrogen) atoms. The maximum atomic E-state index is 9.35. The van der Waals surface area contributed by atoms with E-state index in [1.54, 1.807) is 0 Å². The number of hydrogen-bond donors (Lipinski definition) is 1. The van der Waals surface area contributed by atoms with Crippen LogP contribution in [0.25, 0.3) is 0 Å². The van der Waals surface area contributed by atoms with Crippen LogP contribution in [-0.4, -0.2) is 11.7 Å². The molecule has 0 radical (unpaired) electrons. The first-order chi connectivity index (χ1) is 8.00. The van der Waals surface area contributed by atoms with E-state index in [1.165, 1.54) is 23.1 Å². The molecule has 0 saturated carbocycles. The van der Waals surface area contributed by atoms with Crippen LogP contribution in [0.4, 0.5) is 0 Å². The summed E-state index contributed by atoms with van der Waals surface area (Å²) in [5, 5.41) is 9.35. The second-order valence-electron chi connectivity index (χ2n) is 5.76. The summed E-state index contributed by atoms with van der Waals surface area (Å²) < 4.78 is 0. The van der Waals surface area contributed by atoms with Crippen LogP contribution in [-0.2, 0) is 19.3 Å². The Morgan fingerprint density at radius 3 is 2.12 bits per heavy atom. The third kappa shape index (κ3) is 4.51. The fourth-order valence-electron chi connectivity index (χ4n) is 2.19. The van der Waals surface area contributed by atoms with Crippen molar-refractivity contribution < 1.29 is 5.11 Å². The molecule has 1 nitrogen and oxygen atoms in total. The molecule has 0 unspecified atom stereocenters. The van der Waals surface area contributed by atoms with Gasteiger partial charge in [0.15, 0.2) is 0 Å². The highest BCUT2D eigenvalue weighted by Gasteiger charge is 2.17. The SMILES string of the molecule is CCCc1cc(CC)cc(CC(C)(C)CO)c1. The van der Waals surface area contributed by atoms with E-state index in [2.05, 4.69) is 45.9 Å². The van der Waals surface area contributed by atoms with E-state index < -0.39 is 0 Å². The van der Waals surface area contributed by atoms with Gasteiger partial charge < -0.3 is 5.11 Å². The summed E-state index contributed by atoms with van der Waals surface area (Å²) in [4.78, 5) is 0. The minimum Gasteiger partial charge on any atom is -0.396 e. The van der Waals surface area contributed by atoms with Crippen molar-refractivity contribution in [2.45, 2.75) is 53.4 Å². The van der Waals surface area contributed by atoms with E-state index in [0.717, 1.165) is 19.3 Å². The van der Waals surface area contributed by atoms with Crippen molar-refractivity contribution >= 4 is 0 Å². The molecule has 0 heterocycles. The Kier molecular flexibility index (Phi) is 5.20. The molecule has 0 aromatic heterocycles. The summed E-state index contributed by atoms with van der Waals surface area (Å²) in [6, 6.07) is 6.91. The lowest BCUT2D eigenvalue weighted by atomic mass is 9.85. The van der Waals surface area contributed by atoms with Gasteiger partial charge in [0, 0.05) is 6.61 Å². The number of aliphatic hydroxyl groups is 1. The number of aliphatic hydroxyl groups excluding tert-OH is 1. The van der Waals surface area contributed by atoms with Crippen LogP contribution in [0.1, 0.15) is 50.8 Å². The highest BCUT2D eigenvalue weighted by molar-refractivity contribution is 5.31. The summed E-state index contributed by atoms with van der Waals surface area (Å²) in [5.41, 5.74) is 4.21. The van der Waals surface area contributed by atoms with Gasteiger partial charge in [-0.2, -0.15) is 0 Å². The van der Waals surface area contributed by atoms with Crippen molar-refractivity contribution in [1.29, 1.82) is 0 Å². The van der Waals surface area contributed by atoms with Crippen molar-refractivity contribution in [3.8, 4) is 0 Å². The van der Waals surface area contributed by atoms with Crippen LogP contribution in [0.15, 0.2) is 18.2 Å². The van der Waals surface area contributed by atoms with Crippen LogP contribution in [0.3, 0.4) is 0 Å². The Morgan fingerprint density at radius 2 is 1.59 bits per heavy atom. The van der Waals surface area contributed by atoms with Crippen molar-refractivity contribution in [3.63, 3.8) is 0 Å². The van der Waals surface area contributed by atoms with Gasteiger partial charge in [0.25, 0.3) is 0 Å². The van der Waals surface area contributed by atoms with Gasteiger partial charge in [-0.3, -0.25) is 0 Å². The molecular formula is C16H26O. The van der Waals surface area contributed by atoms with Gasteiger partial charge in [0.1, 0.15) is 0 Å². The molecular weight excluding hydrogens is 208 g/mol. The lowest BCUT2D eigenvalue weighted by Gasteiger charge is -2.22. The summed E-state index contributed by atoms with van der Waals surface area (Å²) in [6.07, 6.45) is 4.38. The van der Waals surface area contributed by atoms with E-state index in [-0.39, 0.29) is 12.0 Å². The van der Waals surface area contributed by atoms with Crippen molar-refractivity contribution in [2.24, 2.45) is 5.41 Å². The third-order valence-electron chi connectivity index (χ3n) is 3.17. The third-order valence-corrected chi connectivity index (χ3v) is 3.17. The van der Waals surface area contributed by atoms with E-state index in [1.807, 2.05) is 0 Å². The quantitative estimate of drug-likeness (QED) is 0.794. The summed E-state index contributed by atoms with van der Waals surface area (Å²) >= 11 is 0. The van der Waals surface area contributed by atoms with Gasteiger partial charge in [0.2, 0.25) is 0 Å². The first-order valence-electron chi connectivity index (χ1n) is 6.73. The standard InChI is InChI=1S/C16H26O/c1-5-7-14-8-13(6-2)9-15(10-14)11-16(3,4)12-17/h8-10,17H,5-7,11-12H2,1-4H3. The lowest BCUT2D eigenvalue weighted by Crippen LogP contribution is -2.19. The molecule has 0 aliphatic heterocycles. The van der Waals surface area contributed by atoms with Crippen molar-refractivity contribution in [3.05, 3.63) is 34.9 Å². The molecule has 1 heteroatoms. The predicted molar refractivity (Wildman–Crippen MR) is 74.4 cm³/mol. The lowest BCUT2D eigenvalue weighted by molar-refractivity contribution is 0.159. The zero-order valence-electron chi connectivity index (χ0n) is 11.7. The highest BCUT2D eigenvalue weighted by atomic mass is 16.3. The van der Waals surface area contributed by atoms with Crippen molar-refractivity contribution in [1.82, 2.24) is 0 Å². The van der Waals surface area contributed by atoms with E-state index in [9.17, 15) is 5.11 Å². The van der Waals surface area contributed by atoms with Gasteiger partial charge in [-0.05, 0) is 41.4 Å². The normalized spacial score (nSPS) is 11.8. The van der Waals surface area contributed by atoms with Crippen LogP contribution in [0.5, 0.6) is 0 Å². The number of aryl methyl sites for hydroxylation is 2. The molecule has 1 N–H and O–H groups in total. The molecule has 1 rings (SSSR count). The van der Waals surface area contributed by atoms with Gasteiger partial charge >= 0.3 is 0 Å². The predicted octanol–water partition coefficient (Wildman–Crippen LogP) is 3.76. The zero-order valence-corrected chi connectivity index (χ0v) is 11.7. The maximum Gasteiger partial charge on any atom is 0.0485 e. The Bertz CT molecular complexity index is 353. The maximum absolute atomic E-state index is 9.35. The topological polar surface area (TPSA) is 20.2 Å². The first-order valence-corrected chi connectivity index (χ1v) is 6.73.